The van der Waals surface area contributed by atoms with Gasteiger partial charge < -0.3 is 9.67 Å². The van der Waals surface area contributed by atoms with Crippen molar-refractivity contribution >= 4 is 17.0 Å². The second-order valence-corrected chi connectivity index (χ2v) is 4.22. The van der Waals surface area contributed by atoms with Gasteiger partial charge in [-0.1, -0.05) is 6.07 Å². The molecule has 2 aromatic rings. The number of para-hydroxylation sites is 1. The molecule has 1 aromatic heterocycles. The van der Waals surface area contributed by atoms with E-state index >= 15 is 0 Å². The average molecular weight is 216 g/mol. The Hall–Kier alpha value is -1.84. The minimum absolute atomic E-state index is 0.288. The number of imidazole rings is 1. The predicted molar refractivity (Wildman–Crippen MR) is 59.6 cm³/mol. The van der Waals surface area contributed by atoms with E-state index in [-0.39, 0.29) is 5.56 Å². The summed E-state index contributed by atoms with van der Waals surface area (Å²) in [6.07, 6.45) is 5.36. The number of aromatic nitrogens is 2. The zero-order valence-corrected chi connectivity index (χ0v) is 8.76. The zero-order chi connectivity index (χ0) is 11.1. The van der Waals surface area contributed by atoms with Crippen molar-refractivity contribution in [3.05, 3.63) is 30.1 Å². The van der Waals surface area contributed by atoms with Crippen LogP contribution in [0.15, 0.2) is 24.5 Å². The van der Waals surface area contributed by atoms with Crippen LogP contribution < -0.4 is 0 Å². The third-order valence-electron chi connectivity index (χ3n) is 3.30. The van der Waals surface area contributed by atoms with Gasteiger partial charge in [-0.2, -0.15) is 0 Å². The maximum absolute atomic E-state index is 11.0. The first-order valence-corrected chi connectivity index (χ1v) is 5.46. The zero-order valence-electron chi connectivity index (χ0n) is 8.76. The van der Waals surface area contributed by atoms with Crippen LogP contribution in [0.1, 0.15) is 35.7 Å². The van der Waals surface area contributed by atoms with E-state index in [4.69, 9.17) is 5.11 Å². The number of fused-ring (bicyclic) bond motifs is 1. The van der Waals surface area contributed by atoms with E-state index in [1.165, 1.54) is 19.3 Å². The minimum Gasteiger partial charge on any atom is -0.478 e. The first-order valence-electron chi connectivity index (χ1n) is 5.46. The summed E-state index contributed by atoms with van der Waals surface area (Å²) in [7, 11) is 0. The van der Waals surface area contributed by atoms with Crippen molar-refractivity contribution in [3.63, 3.8) is 0 Å². The summed E-state index contributed by atoms with van der Waals surface area (Å²) in [5, 5.41) is 9.05. The molecule has 1 N–H and O–H groups in total. The molecule has 1 aliphatic carbocycles. The van der Waals surface area contributed by atoms with Crippen LogP contribution >= 0.6 is 0 Å². The van der Waals surface area contributed by atoms with Crippen molar-refractivity contribution in [1.82, 2.24) is 9.55 Å². The molecule has 82 valence electrons. The fourth-order valence-electron chi connectivity index (χ4n) is 2.19. The first-order chi connectivity index (χ1) is 7.77. The van der Waals surface area contributed by atoms with Gasteiger partial charge in [-0.25, -0.2) is 9.78 Å². The van der Waals surface area contributed by atoms with Crippen LogP contribution in [0.5, 0.6) is 0 Å². The molecule has 0 amide bonds. The number of nitrogens with zero attached hydrogens (tertiary/aromatic N) is 2. The van der Waals surface area contributed by atoms with Gasteiger partial charge in [0.1, 0.15) is 5.52 Å². The molecular formula is C12H12N2O2. The van der Waals surface area contributed by atoms with Gasteiger partial charge >= 0.3 is 5.97 Å². The lowest BCUT2D eigenvalue weighted by Crippen LogP contribution is -2.15. The normalized spacial score (nSPS) is 16.2. The lowest BCUT2D eigenvalue weighted by molar-refractivity contribution is 0.0699. The summed E-state index contributed by atoms with van der Waals surface area (Å²) in [5.74, 6) is -0.913. The molecule has 16 heavy (non-hydrogen) atoms. The quantitative estimate of drug-likeness (QED) is 0.838. The number of benzene rings is 1. The lowest BCUT2D eigenvalue weighted by atomic mass is 9.93. The van der Waals surface area contributed by atoms with Crippen LogP contribution in [0.2, 0.25) is 0 Å². The summed E-state index contributed by atoms with van der Waals surface area (Å²) < 4.78 is 2.10. The molecular weight excluding hydrogens is 204 g/mol. The minimum atomic E-state index is -0.913. The van der Waals surface area contributed by atoms with E-state index in [0.717, 1.165) is 5.52 Å². The van der Waals surface area contributed by atoms with Gasteiger partial charge in [0.05, 0.1) is 17.4 Å². The highest BCUT2D eigenvalue weighted by Gasteiger charge is 2.22. The summed E-state index contributed by atoms with van der Waals surface area (Å²) in [5.41, 5.74) is 1.82. The van der Waals surface area contributed by atoms with Crippen LogP contribution in [0.4, 0.5) is 0 Å². The Morgan fingerprint density at radius 1 is 1.44 bits per heavy atom. The smallest absolute Gasteiger partial charge is 0.337 e. The number of aromatic carboxylic acids is 1. The Morgan fingerprint density at radius 3 is 2.88 bits per heavy atom. The molecule has 4 heteroatoms. The van der Waals surface area contributed by atoms with Gasteiger partial charge in [-0.05, 0) is 31.4 Å². The summed E-state index contributed by atoms with van der Waals surface area (Å²) >= 11 is 0. The molecule has 1 heterocycles. The van der Waals surface area contributed by atoms with Crippen molar-refractivity contribution in [3.8, 4) is 0 Å². The van der Waals surface area contributed by atoms with Gasteiger partial charge in [0.2, 0.25) is 0 Å². The molecule has 1 aliphatic rings. The molecule has 4 nitrogen and oxygen atoms in total. The van der Waals surface area contributed by atoms with E-state index in [0.29, 0.717) is 11.6 Å². The van der Waals surface area contributed by atoms with Gasteiger partial charge in [-0.3, -0.25) is 0 Å². The molecule has 0 bridgehead atoms. The third kappa shape index (κ3) is 1.23. The molecule has 0 spiro atoms. The number of carbonyl (C=O) groups is 1. The van der Waals surface area contributed by atoms with Crippen LogP contribution in [0.3, 0.4) is 0 Å². The van der Waals surface area contributed by atoms with Crippen LogP contribution in [0.25, 0.3) is 11.0 Å². The largest absolute Gasteiger partial charge is 0.478 e. The fraction of sp³-hybridized carbons (Fsp3) is 0.333. The SMILES string of the molecule is O=C(O)c1cccc2c1ncn2C1CCC1. The monoisotopic (exact) mass is 216 g/mol. The van der Waals surface area contributed by atoms with Gasteiger partial charge in [0.15, 0.2) is 0 Å². The van der Waals surface area contributed by atoms with Crippen molar-refractivity contribution in [2.24, 2.45) is 0 Å². The highest BCUT2D eigenvalue weighted by Crippen LogP contribution is 2.34. The standard InChI is InChI=1S/C12H12N2O2/c15-12(16)9-5-2-6-10-11(9)13-7-14(10)8-3-1-4-8/h2,5-8H,1,3-4H2,(H,15,16). The summed E-state index contributed by atoms with van der Waals surface area (Å²) in [6, 6.07) is 5.83. The molecule has 1 saturated carbocycles. The van der Waals surface area contributed by atoms with Crippen LogP contribution in [-0.4, -0.2) is 20.6 Å². The highest BCUT2D eigenvalue weighted by molar-refractivity contribution is 6.00. The predicted octanol–water partition coefficient (Wildman–Crippen LogP) is 2.46. The van der Waals surface area contributed by atoms with Crippen LogP contribution in [-0.2, 0) is 0 Å². The van der Waals surface area contributed by atoms with Crippen molar-refractivity contribution in [1.29, 1.82) is 0 Å². The van der Waals surface area contributed by atoms with E-state index in [2.05, 4.69) is 9.55 Å². The lowest BCUT2D eigenvalue weighted by Gasteiger charge is -2.27. The van der Waals surface area contributed by atoms with Gasteiger partial charge in [0, 0.05) is 6.04 Å². The molecule has 0 atom stereocenters. The summed E-state index contributed by atoms with van der Waals surface area (Å²) in [6.45, 7) is 0. The molecule has 3 rings (SSSR count). The number of hydrogen-bond donors (Lipinski definition) is 1. The summed E-state index contributed by atoms with van der Waals surface area (Å²) in [4.78, 5) is 15.3. The Morgan fingerprint density at radius 2 is 2.25 bits per heavy atom. The molecule has 1 aromatic carbocycles. The highest BCUT2D eigenvalue weighted by atomic mass is 16.4. The molecule has 0 aliphatic heterocycles. The topological polar surface area (TPSA) is 55.1 Å². The van der Waals surface area contributed by atoms with E-state index in [1.807, 2.05) is 6.07 Å². The second-order valence-electron chi connectivity index (χ2n) is 4.22. The fourth-order valence-corrected chi connectivity index (χ4v) is 2.19. The number of rotatable bonds is 2. The maximum atomic E-state index is 11.0. The third-order valence-corrected chi connectivity index (χ3v) is 3.30. The van der Waals surface area contributed by atoms with E-state index in [1.54, 1.807) is 18.5 Å². The number of hydrogen-bond acceptors (Lipinski definition) is 2. The average Bonchev–Trinajstić information content (AvgIpc) is 2.59. The number of carboxylic acids is 1. The van der Waals surface area contributed by atoms with E-state index < -0.39 is 5.97 Å². The molecule has 1 fully saturated rings. The Balaban J connectivity index is 2.19. The van der Waals surface area contributed by atoms with Gasteiger partial charge in [-0.15, -0.1) is 0 Å². The first kappa shape index (κ1) is 9.39. The van der Waals surface area contributed by atoms with E-state index in [9.17, 15) is 4.79 Å². The molecule has 0 saturated heterocycles. The Bertz CT molecular complexity index is 555. The molecule has 0 unspecified atom stereocenters. The second kappa shape index (κ2) is 3.33. The Labute approximate surface area is 92.5 Å². The van der Waals surface area contributed by atoms with Crippen LogP contribution in [0, 0.1) is 0 Å². The van der Waals surface area contributed by atoms with Crippen molar-refractivity contribution < 1.29 is 9.90 Å². The van der Waals surface area contributed by atoms with Crippen molar-refractivity contribution in [2.45, 2.75) is 25.3 Å². The van der Waals surface area contributed by atoms with Crippen molar-refractivity contribution in [2.75, 3.05) is 0 Å². The Kier molecular flexibility index (Phi) is 1.96. The number of carboxylic acid groups (broad SMARTS) is 1. The van der Waals surface area contributed by atoms with Gasteiger partial charge in [0.25, 0.3) is 0 Å². The maximum Gasteiger partial charge on any atom is 0.337 e. The molecule has 0 radical (unpaired) electrons.